The summed E-state index contributed by atoms with van der Waals surface area (Å²) < 4.78 is 33.2. The molecule has 36 heavy (non-hydrogen) atoms. The average molecular weight is 496 g/mol. The lowest BCUT2D eigenvalue weighted by molar-refractivity contribution is -0.149. The zero-order chi connectivity index (χ0) is 25.7. The standard InChI is InChI=1S/C27H27F2N3O4/c28-22-7-3-6-19(26(22)29)15-32-21(10-11-25(32)34)13-24(33)31-23(12-17-8-9-17)27(35)36-16-20-5-2-1-4-18(20)14-30/h1-7,17,21,23H,8-13,15-16H2,(H,31,33)/t21-,23-/m0/s1. The third-order valence-electron chi connectivity index (χ3n) is 6.64. The summed E-state index contributed by atoms with van der Waals surface area (Å²) in [7, 11) is 0. The fourth-order valence-electron chi connectivity index (χ4n) is 4.45. The predicted molar refractivity (Wildman–Crippen MR) is 125 cm³/mol. The number of benzene rings is 2. The van der Waals surface area contributed by atoms with E-state index in [2.05, 4.69) is 11.4 Å². The summed E-state index contributed by atoms with van der Waals surface area (Å²) in [6.07, 6.45) is 2.95. The summed E-state index contributed by atoms with van der Waals surface area (Å²) in [5.41, 5.74) is 1.03. The molecule has 2 aliphatic rings. The van der Waals surface area contributed by atoms with Crippen LogP contribution >= 0.6 is 0 Å². The van der Waals surface area contributed by atoms with Crippen LogP contribution in [0.3, 0.4) is 0 Å². The van der Waals surface area contributed by atoms with Crippen LogP contribution in [0.25, 0.3) is 0 Å². The number of nitriles is 1. The summed E-state index contributed by atoms with van der Waals surface area (Å²) in [4.78, 5) is 39.5. The van der Waals surface area contributed by atoms with Crippen LogP contribution in [0.1, 0.15) is 55.2 Å². The molecule has 0 unspecified atom stereocenters. The third-order valence-corrected chi connectivity index (χ3v) is 6.64. The van der Waals surface area contributed by atoms with E-state index in [1.165, 1.54) is 17.0 Å². The number of amides is 2. The van der Waals surface area contributed by atoms with Gasteiger partial charge in [0.15, 0.2) is 11.6 Å². The van der Waals surface area contributed by atoms with Crippen LogP contribution in [-0.4, -0.2) is 34.8 Å². The highest BCUT2D eigenvalue weighted by atomic mass is 19.2. The van der Waals surface area contributed by atoms with Crippen LogP contribution in [-0.2, 0) is 32.3 Å². The van der Waals surface area contributed by atoms with Crippen molar-refractivity contribution in [2.24, 2.45) is 5.92 Å². The lowest BCUT2D eigenvalue weighted by atomic mass is 10.1. The van der Waals surface area contributed by atoms with Crippen LogP contribution in [0.2, 0.25) is 0 Å². The van der Waals surface area contributed by atoms with Crippen molar-refractivity contribution in [2.75, 3.05) is 0 Å². The van der Waals surface area contributed by atoms with Gasteiger partial charge in [0.05, 0.1) is 11.6 Å². The summed E-state index contributed by atoms with van der Waals surface area (Å²) in [6.45, 7) is -0.212. The molecule has 2 atom stereocenters. The first-order valence-electron chi connectivity index (χ1n) is 12.0. The van der Waals surface area contributed by atoms with E-state index in [0.29, 0.717) is 29.9 Å². The van der Waals surface area contributed by atoms with Gasteiger partial charge in [-0.05, 0) is 30.9 Å². The Labute approximate surface area is 208 Å². The molecule has 2 aromatic carbocycles. The first kappa shape index (κ1) is 25.3. The maximum Gasteiger partial charge on any atom is 0.328 e. The number of carbonyl (C=O) groups excluding carboxylic acids is 3. The molecule has 0 bridgehead atoms. The summed E-state index contributed by atoms with van der Waals surface area (Å²) in [6, 6.07) is 11.3. The number of likely N-dealkylation sites (tertiary alicyclic amines) is 1. The molecule has 1 heterocycles. The van der Waals surface area contributed by atoms with Gasteiger partial charge in [0.25, 0.3) is 0 Å². The molecule has 2 fully saturated rings. The van der Waals surface area contributed by atoms with Crippen molar-refractivity contribution in [3.63, 3.8) is 0 Å². The van der Waals surface area contributed by atoms with Crippen LogP contribution in [0.5, 0.6) is 0 Å². The van der Waals surface area contributed by atoms with Gasteiger partial charge in [0.1, 0.15) is 12.6 Å². The van der Waals surface area contributed by atoms with Gasteiger partial charge in [-0.15, -0.1) is 0 Å². The van der Waals surface area contributed by atoms with E-state index in [1.807, 2.05) is 0 Å². The number of hydrogen-bond donors (Lipinski definition) is 1. The normalized spacial score (nSPS) is 18.0. The molecule has 188 valence electrons. The number of ether oxygens (including phenoxy) is 1. The Morgan fingerprint density at radius 2 is 1.86 bits per heavy atom. The fraction of sp³-hybridized carbons (Fsp3) is 0.407. The summed E-state index contributed by atoms with van der Waals surface area (Å²) in [5, 5.41) is 12.0. The van der Waals surface area contributed by atoms with E-state index in [1.54, 1.807) is 24.3 Å². The predicted octanol–water partition coefficient (Wildman–Crippen LogP) is 3.75. The van der Waals surface area contributed by atoms with E-state index in [9.17, 15) is 28.4 Å². The van der Waals surface area contributed by atoms with Gasteiger partial charge >= 0.3 is 5.97 Å². The largest absolute Gasteiger partial charge is 0.459 e. The maximum atomic E-state index is 14.1. The minimum absolute atomic E-state index is 0.0449. The Balaban J connectivity index is 1.37. The molecule has 0 radical (unpaired) electrons. The van der Waals surface area contributed by atoms with Gasteiger partial charge in [-0.3, -0.25) is 9.59 Å². The van der Waals surface area contributed by atoms with E-state index in [0.717, 1.165) is 18.9 Å². The molecule has 4 rings (SSSR count). The second kappa shape index (κ2) is 11.3. The van der Waals surface area contributed by atoms with Crippen LogP contribution in [0, 0.1) is 28.9 Å². The highest BCUT2D eigenvalue weighted by molar-refractivity contribution is 5.86. The van der Waals surface area contributed by atoms with Crippen molar-refractivity contribution in [2.45, 2.75) is 63.8 Å². The zero-order valence-corrected chi connectivity index (χ0v) is 19.7. The Kier molecular flexibility index (Phi) is 7.93. The van der Waals surface area contributed by atoms with Gasteiger partial charge in [-0.1, -0.05) is 43.2 Å². The lowest BCUT2D eigenvalue weighted by Gasteiger charge is -2.26. The molecule has 1 aliphatic heterocycles. The Hall–Kier alpha value is -3.80. The van der Waals surface area contributed by atoms with Gasteiger partial charge in [-0.2, -0.15) is 5.26 Å². The van der Waals surface area contributed by atoms with Crippen molar-refractivity contribution < 1.29 is 27.9 Å². The maximum absolute atomic E-state index is 14.1. The summed E-state index contributed by atoms with van der Waals surface area (Å²) >= 11 is 0. The van der Waals surface area contributed by atoms with Gasteiger partial charge in [0.2, 0.25) is 11.8 Å². The molecule has 0 spiro atoms. The third kappa shape index (κ3) is 6.25. The molecule has 1 aliphatic carbocycles. The molecular weight excluding hydrogens is 468 g/mol. The first-order chi connectivity index (χ1) is 17.4. The Morgan fingerprint density at radius 1 is 1.11 bits per heavy atom. The van der Waals surface area contributed by atoms with Crippen LogP contribution in [0.4, 0.5) is 8.78 Å². The van der Waals surface area contributed by atoms with E-state index in [-0.39, 0.29) is 37.5 Å². The topological polar surface area (TPSA) is 99.5 Å². The lowest BCUT2D eigenvalue weighted by Crippen LogP contribution is -2.44. The highest BCUT2D eigenvalue weighted by Crippen LogP contribution is 2.34. The first-order valence-corrected chi connectivity index (χ1v) is 12.0. The molecule has 2 amide bonds. The number of nitrogens with one attached hydrogen (secondary N) is 1. The van der Waals surface area contributed by atoms with E-state index in [4.69, 9.17) is 4.74 Å². The average Bonchev–Trinajstić information content (AvgIpc) is 3.63. The molecule has 1 N–H and O–H groups in total. The molecule has 1 saturated carbocycles. The van der Waals surface area contributed by atoms with Gasteiger partial charge < -0.3 is 15.0 Å². The van der Waals surface area contributed by atoms with Gasteiger partial charge in [-0.25, -0.2) is 13.6 Å². The zero-order valence-electron chi connectivity index (χ0n) is 19.7. The molecule has 1 saturated heterocycles. The minimum atomic E-state index is -1.01. The van der Waals surface area contributed by atoms with Crippen LogP contribution < -0.4 is 5.32 Å². The number of rotatable bonds is 10. The smallest absolute Gasteiger partial charge is 0.328 e. The quantitative estimate of drug-likeness (QED) is 0.506. The highest BCUT2D eigenvalue weighted by Gasteiger charge is 2.35. The van der Waals surface area contributed by atoms with Crippen molar-refractivity contribution in [3.8, 4) is 6.07 Å². The number of carbonyl (C=O) groups is 3. The van der Waals surface area contributed by atoms with Crippen molar-refractivity contribution >= 4 is 17.8 Å². The number of hydrogen-bond acceptors (Lipinski definition) is 5. The number of esters is 1. The molecule has 0 aromatic heterocycles. The fourth-order valence-corrected chi connectivity index (χ4v) is 4.45. The number of halogens is 2. The minimum Gasteiger partial charge on any atom is -0.459 e. The second-order valence-corrected chi connectivity index (χ2v) is 9.31. The van der Waals surface area contributed by atoms with Crippen molar-refractivity contribution in [3.05, 3.63) is 70.8 Å². The molecule has 9 heteroatoms. The van der Waals surface area contributed by atoms with Crippen molar-refractivity contribution in [1.29, 1.82) is 5.26 Å². The molecule has 2 aromatic rings. The number of nitrogens with zero attached hydrogens (tertiary/aromatic N) is 2. The summed E-state index contributed by atoms with van der Waals surface area (Å²) in [5.74, 6) is -2.90. The van der Waals surface area contributed by atoms with E-state index >= 15 is 0 Å². The van der Waals surface area contributed by atoms with Crippen molar-refractivity contribution in [1.82, 2.24) is 10.2 Å². The Morgan fingerprint density at radius 3 is 2.61 bits per heavy atom. The second-order valence-electron chi connectivity index (χ2n) is 9.31. The monoisotopic (exact) mass is 495 g/mol. The van der Waals surface area contributed by atoms with E-state index < -0.39 is 35.6 Å². The van der Waals surface area contributed by atoms with Crippen LogP contribution in [0.15, 0.2) is 42.5 Å². The molecule has 7 nitrogen and oxygen atoms in total. The van der Waals surface area contributed by atoms with Gasteiger partial charge in [0, 0.05) is 36.6 Å². The molecular formula is C27H27F2N3O4. The SMILES string of the molecule is N#Cc1ccccc1COC(=O)[C@H](CC1CC1)NC(=O)C[C@@H]1CCC(=O)N1Cc1cccc(F)c1F. The Bertz CT molecular complexity index is 1190.